The molecule has 3 N–H and O–H groups in total. The van der Waals surface area contributed by atoms with E-state index in [-0.39, 0.29) is 11.4 Å². The van der Waals surface area contributed by atoms with Crippen molar-refractivity contribution < 1.29 is 42.2 Å². The van der Waals surface area contributed by atoms with Crippen molar-refractivity contribution in [3.63, 3.8) is 0 Å². The molecular formula is C27H24ClF4N3O5. The molecule has 1 aliphatic heterocycles. The Bertz CT molecular complexity index is 1380. The summed E-state index contributed by atoms with van der Waals surface area (Å²) in [6.45, 7) is 3.37. The average molecular weight is 582 g/mol. The number of hydrogen-bond donors (Lipinski definition) is 3. The number of hydrogen-bond acceptors (Lipinski definition) is 5. The van der Waals surface area contributed by atoms with Gasteiger partial charge in [-0.1, -0.05) is 35.9 Å². The molecule has 1 aliphatic rings. The highest BCUT2D eigenvalue weighted by molar-refractivity contribution is 6.34. The van der Waals surface area contributed by atoms with E-state index in [9.17, 15) is 32.3 Å². The van der Waals surface area contributed by atoms with Crippen LogP contribution in [-0.4, -0.2) is 65.3 Å². The van der Waals surface area contributed by atoms with E-state index < -0.39 is 24.0 Å². The van der Waals surface area contributed by atoms with E-state index >= 15 is 0 Å². The van der Waals surface area contributed by atoms with E-state index in [1.54, 1.807) is 42.5 Å². The molecule has 8 nitrogen and oxygen atoms in total. The molecule has 0 aromatic heterocycles. The summed E-state index contributed by atoms with van der Waals surface area (Å²) in [6.07, 6.45) is -5.08. The van der Waals surface area contributed by atoms with Gasteiger partial charge in [-0.25, -0.2) is 14.0 Å². The number of carbonyl (C=O) groups excluding carboxylic acids is 1. The number of aromatic carboxylic acids is 1. The van der Waals surface area contributed by atoms with Gasteiger partial charge in [0.1, 0.15) is 5.82 Å². The number of halogens is 5. The van der Waals surface area contributed by atoms with Crippen LogP contribution in [0.15, 0.2) is 66.7 Å². The minimum absolute atomic E-state index is 0.116. The third kappa shape index (κ3) is 8.42. The second-order valence-corrected chi connectivity index (χ2v) is 9.07. The maximum Gasteiger partial charge on any atom is 0.490 e. The highest BCUT2D eigenvalue weighted by Crippen LogP contribution is 2.27. The maximum atomic E-state index is 13.4. The number of anilines is 2. The molecule has 0 saturated carbocycles. The zero-order chi connectivity index (χ0) is 29.4. The fourth-order valence-electron chi connectivity index (χ4n) is 3.95. The topological polar surface area (TPSA) is 110 Å². The lowest BCUT2D eigenvalue weighted by Gasteiger charge is -2.36. The molecule has 1 heterocycles. The summed E-state index contributed by atoms with van der Waals surface area (Å²) >= 11 is 6.08. The van der Waals surface area contributed by atoms with Crippen molar-refractivity contribution in [2.45, 2.75) is 12.7 Å². The number of rotatable bonds is 6. The lowest BCUT2D eigenvalue weighted by Crippen LogP contribution is -2.46. The first-order valence-electron chi connectivity index (χ1n) is 11.8. The molecular weight excluding hydrogens is 558 g/mol. The number of alkyl halides is 3. The first-order valence-corrected chi connectivity index (χ1v) is 12.2. The number of benzene rings is 3. The molecule has 40 heavy (non-hydrogen) atoms. The molecule has 0 unspecified atom stereocenters. The summed E-state index contributed by atoms with van der Waals surface area (Å²) in [5.74, 6) is -4.48. The van der Waals surface area contributed by atoms with Gasteiger partial charge < -0.3 is 20.4 Å². The normalized spacial score (nSPS) is 13.7. The molecule has 0 aliphatic carbocycles. The van der Waals surface area contributed by atoms with Crippen molar-refractivity contribution in [3.05, 3.63) is 94.3 Å². The number of carboxylic acids is 2. The zero-order valence-corrected chi connectivity index (χ0v) is 21.5. The Morgan fingerprint density at radius 3 is 2.10 bits per heavy atom. The van der Waals surface area contributed by atoms with Crippen LogP contribution in [0.25, 0.3) is 0 Å². The van der Waals surface area contributed by atoms with Gasteiger partial charge in [-0.2, -0.15) is 13.2 Å². The van der Waals surface area contributed by atoms with Gasteiger partial charge in [-0.15, -0.1) is 0 Å². The number of amides is 1. The number of nitrogens with zero attached hydrogens (tertiary/aromatic N) is 2. The van der Waals surface area contributed by atoms with Crippen molar-refractivity contribution in [1.29, 1.82) is 0 Å². The molecule has 13 heteroatoms. The smallest absolute Gasteiger partial charge is 0.478 e. The predicted molar refractivity (Wildman–Crippen MR) is 140 cm³/mol. The van der Waals surface area contributed by atoms with Gasteiger partial charge in [0.05, 0.1) is 21.8 Å². The van der Waals surface area contributed by atoms with Crippen molar-refractivity contribution in [3.8, 4) is 0 Å². The van der Waals surface area contributed by atoms with E-state index in [4.69, 9.17) is 21.5 Å². The summed E-state index contributed by atoms with van der Waals surface area (Å²) in [5.41, 5.74) is 2.32. The lowest BCUT2D eigenvalue weighted by atomic mass is 10.1. The molecule has 1 saturated heterocycles. The summed E-state index contributed by atoms with van der Waals surface area (Å²) in [4.78, 5) is 37.6. The molecule has 3 aromatic rings. The van der Waals surface area contributed by atoms with Gasteiger partial charge in [0, 0.05) is 38.4 Å². The number of carbonyl (C=O) groups is 3. The fourth-order valence-corrected chi connectivity index (χ4v) is 4.17. The molecule has 212 valence electrons. The standard InChI is InChI=1S/C25H23ClFN3O3.C2HF3O2/c26-22-7-2-1-6-20(22)24(31)28-19-8-9-23(21(15-19)25(32)33)30-12-10-29(11-13-30)16-17-4-3-5-18(27)14-17;3-2(4,5)1(6)7/h1-9,14-15H,10-13,16H2,(H,28,31)(H,32,33);(H,6,7). The SMILES string of the molecule is O=C(Nc1ccc(N2CCN(Cc3cccc(F)c3)CC2)c(C(=O)O)c1)c1ccccc1Cl.O=C(O)C(F)(F)F. The molecule has 0 radical (unpaired) electrons. The van der Waals surface area contributed by atoms with Crippen molar-refractivity contribution in [1.82, 2.24) is 4.90 Å². The lowest BCUT2D eigenvalue weighted by molar-refractivity contribution is -0.192. The highest BCUT2D eigenvalue weighted by atomic mass is 35.5. The van der Waals surface area contributed by atoms with E-state index in [1.165, 1.54) is 18.2 Å². The summed E-state index contributed by atoms with van der Waals surface area (Å²) in [6, 6.07) is 18.1. The molecule has 0 spiro atoms. The van der Waals surface area contributed by atoms with Gasteiger partial charge in [-0.3, -0.25) is 9.69 Å². The average Bonchev–Trinajstić information content (AvgIpc) is 2.89. The largest absolute Gasteiger partial charge is 0.490 e. The van der Waals surface area contributed by atoms with Crippen LogP contribution < -0.4 is 10.2 Å². The Labute approximate surface area is 231 Å². The van der Waals surface area contributed by atoms with E-state index in [0.29, 0.717) is 41.6 Å². The molecule has 0 bridgehead atoms. The molecule has 1 amide bonds. The number of aliphatic carboxylic acids is 1. The number of nitrogens with one attached hydrogen (secondary N) is 1. The maximum absolute atomic E-state index is 13.4. The fraction of sp³-hybridized carbons (Fsp3) is 0.222. The predicted octanol–water partition coefficient (Wildman–Crippen LogP) is 5.39. The molecule has 3 aromatic carbocycles. The van der Waals surface area contributed by atoms with Crippen LogP contribution in [0.1, 0.15) is 26.3 Å². The summed E-state index contributed by atoms with van der Waals surface area (Å²) < 4.78 is 45.2. The van der Waals surface area contributed by atoms with Crippen LogP contribution >= 0.6 is 11.6 Å². The Morgan fingerprint density at radius 1 is 0.875 bits per heavy atom. The molecule has 0 atom stereocenters. The van der Waals surface area contributed by atoms with Gasteiger partial charge in [0.2, 0.25) is 0 Å². The van der Waals surface area contributed by atoms with Crippen LogP contribution in [0.3, 0.4) is 0 Å². The van der Waals surface area contributed by atoms with Crippen molar-refractivity contribution in [2.24, 2.45) is 0 Å². The Morgan fingerprint density at radius 2 is 1.52 bits per heavy atom. The van der Waals surface area contributed by atoms with Gasteiger partial charge in [0.15, 0.2) is 0 Å². The third-order valence-electron chi connectivity index (χ3n) is 5.85. The van der Waals surface area contributed by atoms with E-state index in [1.807, 2.05) is 11.0 Å². The van der Waals surface area contributed by atoms with Crippen LogP contribution in [-0.2, 0) is 11.3 Å². The highest BCUT2D eigenvalue weighted by Gasteiger charge is 2.38. The van der Waals surface area contributed by atoms with Gasteiger partial charge in [-0.05, 0) is 48.0 Å². The van der Waals surface area contributed by atoms with Crippen molar-refractivity contribution in [2.75, 3.05) is 36.4 Å². The van der Waals surface area contributed by atoms with Crippen LogP contribution in [0.2, 0.25) is 5.02 Å². The minimum Gasteiger partial charge on any atom is -0.478 e. The zero-order valence-electron chi connectivity index (χ0n) is 20.8. The Hall–Kier alpha value is -4.16. The number of piperazine rings is 1. The second kappa shape index (κ2) is 13.3. The summed E-state index contributed by atoms with van der Waals surface area (Å²) in [5, 5.41) is 19.9. The number of carboxylic acid groups (broad SMARTS) is 2. The van der Waals surface area contributed by atoms with Crippen LogP contribution in [0.4, 0.5) is 28.9 Å². The Balaban J connectivity index is 0.000000559. The van der Waals surface area contributed by atoms with Gasteiger partial charge in [0.25, 0.3) is 5.91 Å². The first kappa shape index (κ1) is 30.4. The van der Waals surface area contributed by atoms with E-state index in [2.05, 4.69) is 10.2 Å². The second-order valence-electron chi connectivity index (χ2n) is 8.67. The Kier molecular flexibility index (Phi) is 10.1. The third-order valence-corrected chi connectivity index (χ3v) is 6.18. The van der Waals surface area contributed by atoms with Crippen LogP contribution in [0.5, 0.6) is 0 Å². The van der Waals surface area contributed by atoms with Crippen molar-refractivity contribution >= 4 is 40.8 Å². The monoisotopic (exact) mass is 581 g/mol. The quantitative estimate of drug-likeness (QED) is 0.335. The first-order chi connectivity index (χ1) is 18.8. The molecule has 1 fully saturated rings. The molecule has 4 rings (SSSR count). The van der Waals surface area contributed by atoms with Crippen LogP contribution in [0, 0.1) is 5.82 Å². The summed E-state index contributed by atoms with van der Waals surface area (Å²) in [7, 11) is 0. The van der Waals surface area contributed by atoms with E-state index in [0.717, 1.165) is 18.7 Å². The minimum atomic E-state index is -5.08. The van der Waals surface area contributed by atoms with Gasteiger partial charge >= 0.3 is 18.1 Å².